The molecule has 0 amide bonds. The zero-order valence-electron chi connectivity index (χ0n) is 13.1. The first-order valence-corrected chi connectivity index (χ1v) is 7.93. The van der Waals surface area contributed by atoms with Crippen molar-refractivity contribution in [1.82, 2.24) is 13.5 Å². The van der Waals surface area contributed by atoms with Crippen LogP contribution in [0.5, 0.6) is 0 Å². The number of halogens is 3. The average molecular weight is 381 g/mol. The van der Waals surface area contributed by atoms with E-state index in [4.69, 9.17) is 0 Å². The number of carbonyl (C=O) groups excluding carboxylic acids is 1. The largest absolute Gasteiger partial charge is 0.431 e. The molecule has 3 aromatic rings. The van der Waals surface area contributed by atoms with Crippen LogP contribution in [0.3, 0.4) is 0 Å². The second kappa shape index (κ2) is 6.37. The van der Waals surface area contributed by atoms with E-state index in [1.807, 2.05) is 0 Å². The van der Waals surface area contributed by atoms with E-state index < -0.39 is 23.1 Å². The highest BCUT2D eigenvalue weighted by Gasteiger charge is 2.35. The number of rotatable bonds is 3. The van der Waals surface area contributed by atoms with Gasteiger partial charge in [-0.2, -0.15) is 17.5 Å². The summed E-state index contributed by atoms with van der Waals surface area (Å²) in [6.07, 6.45) is -1.54. The molecule has 0 saturated heterocycles. The van der Waals surface area contributed by atoms with Crippen molar-refractivity contribution in [1.29, 1.82) is 0 Å². The van der Waals surface area contributed by atoms with Gasteiger partial charge in [0, 0.05) is 18.5 Å². The summed E-state index contributed by atoms with van der Waals surface area (Å²) in [5, 5.41) is 0.569. The molecule has 2 heterocycles. The smallest absolute Gasteiger partial charge is 0.299 e. The first-order chi connectivity index (χ1) is 12.2. The van der Waals surface area contributed by atoms with Gasteiger partial charge in [0.15, 0.2) is 0 Å². The Bertz CT molecular complexity index is 1160. The van der Waals surface area contributed by atoms with E-state index in [-0.39, 0.29) is 5.69 Å². The molecule has 0 N–H and O–H groups in total. The van der Waals surface area contributed by atoms with Crippen LogP contribution in [0.2, 0.25) is 0 Å². The van der Waals surface area contributed by atoms with Gasteiger partial charge in [-0.3, -0.25) is 14.2 Å². The van der Waals surface area contributed by atoms with Crippen LogP contribution in [0, 0.1) is 0 Å². The Balaban J connectivity index is 2.26. The van der Waals surface area contributed by atoms with Crippen LogP contribution in [-0.2, 0) is 18.0 Å². The molecule has 0 spiro atoms. The lowest BCUT2D eigenvalue weighted by atomic mass is 10.2. The summed E-state index contributed by atoms with van der Waals surface area (Å²) in [6.45, 7) is 0. The number of alkyl halides is 3. The van der Waals surface area contributed by atoms with E-state index in [1.165, 1.54) is 24.3 Å². The maximum Gasteiger partial charge on any atom is 0.431 e. The molecule has 1 aromatic carbocycles. The summed E-state index contributed by atoms with van der Waals surface area (Å²) in [4.78, 5) is 35.0. The molecule has 3 rings (SSSR count). The van der Waals surface area contributed by atoms with Gasteiger partial charge in [0.25, 0.3) is 5.56 Å². The molecule has 6 nitrogen and oxygen atoms in total. The van der Waals surface area contributed by atoms with Gasteiger partial charge < -0.3 is 0 Å². The maximum absolute atomic E-state index is 12.9. The van der Waals surface area contributed by atoms with E-state index in [2.05, 4.69) is 4.37 Å². The summed E-state index contributed by atoms with van der Waals surface area (Å²) in [7, 11) is 0.948. The number of nitrogens with zero attached hydrogens (tertiary/aromatic N) is 3. The summed E-state index contributed by atoms with van der Waals surface area (Å²) >= 11 is 1.15. The number of hydrogen-bond donors (Lipinski definition) is 0. The number of aldehydes is 1. The van der Waals surface area contributed by atoms with Crippen LogP contribution in [0.1, 0.15) is 11.4 Å². The van der Waals surface area contributed by atoms with Crippen molar-refractivity contribution in [2.75, 3.05) is 0 Å². The van der Waals surface area contributed by atoms with Crippen LogP contribution in [0.15, 0.2) is 39.9 Å². The van der Waals surface area contributed by atoms with E-state index in [0.717, 1.165) is 23.3 Å². The molecule has 2 aromatic heterocycles. The van der Waals surface area contributed by atoms with Gasteiger partial charge in [-0.25, -0.2) is 9.36 Å². The Morgan fingerprint density at radius 3 is 2.58 bits per heavy atom. The molecular weight excluding hydrogens is 371 g/mol. The monoisotopic (exact) mass is 381 g/mol. The third-order valence-corrected chi connectivity index (χ3v) is 4.52. The van der Waals surface area contributed by atoms with Crippen LogP contribution >= 0.6 is 11.5 Å². The lowest BCUT2D eigenvalue weighted by molar-refractivity contribution is -0.144. The molecule has 0 atom stereocenters. The fourth-order valence-corrected chi connectivity index (χ4v) is 3.22. The SMILES string of the molecule is Cn1c(C(F)(F)F)cc(=O)n(-c2ccc3snc(C=CC=O)c3c2)c1=O. The zero-order chi connectivity index (χ0) is 19.1. The minimum absolute atomic E-state index is 0.109. The molecular formula is C16H10F3N3O3S. The standard InChI is InChI=1S/C16H10F3N3O3S/c1-21-13(16(17,18)19)8-14(24)22(15(21)25)9-4-5-12-10(7-9)11(20-26-12)3-2-6-23/h2-8H,1H3. The van der Waals surface area contributed by atoms with Crippen molar-refractivity contribution in [2.24, 2.45) is 7.05 Å². The second-order valence-corrected chi connectivity index (χ2v) is 6.09. The second-order valence-electron chi connectivity index (χ2n) is 5.29. The number of carbonyl (C=O) groups is 1. The van der Waals surface area contributed by atoms with Gasteiger partial charge >= 0.3 is 11.9 Å². The zero-order valence-corrected chi connectivity index (χ0v) is 14.0. The topological polar surface area (TPSA) is 74.0 Å². The Morgan fingerprint density at radius 1 is 1.19 bits per heavy atom. The summed E-state index contributed by atoms with van der Waals surface area (Å²) in [6, 6.07) is 4.90. The first-order valence-electron chi connectivity index (χ1n) is 7.16. The van der Waals surface area contributed by atoms with Crippen molar-refractivity contribution < 1.29 is 18.0 Å². The third-order valence-electron chi connectivity index (χ3n) is 3.68. The van der Waals surface area contributed by atoms with E-state index in [9.17, 15) is 27.6 Å². The number of aromatic nitrogens is 3. The predicted molar refractivity (Wildman–Crippen MR) is 90.6 cm³/mol. The normalized spacial score (nSPS) is 12.2. The van der Waals surface area contributed by atoms with E-state index >= 15 is 0 Å². The highest BCUT2D eigenvalue weighted by atomic mass is 32.1. The molecule has 0 fully saturated rings. The van der Waals surface area contributed by atoms with Crippen LogP contribution in [0.25, 0.3) is 21.8 Å². The van der Waals surface area contributed by atoms with Gasteiger partial charge in [-0.15, -0.1) is 0 Å². The van der Waals surface area contributed by atoms with Gasteiger partial charge in [-0.05, 0) is 41.9 Å². The summed E-state index contributed by atoms with van der Waals surface area (Å²) in [5.41, 5.74) is -2.96. The van der Waals surface area contributed by atoms with Gasteiger partial charge in [0.2, 0.25) is 0 Å². The lowest BCUT2D eigenvalue weighted by Crippen LogP contribution is -2.40. The van der Waals surface area contributed by atoms with E-state index in [1.54, 1.807) is 6.07 Å². The Hall–Kier alpha value is -3.01. The summed E-state index contributed by atoms with van der Waals surface area (Å²) in [5.74, 6) is 0. The molecule has 0 unspecified atom stereocenters. The van der Waals surface area contributed by atoms with Gasteiger partial charge in [-0.1, -0.05) is 0 Å². The molecule has 0 radical (unpaired) electrons. The van der Waals surface area contributed by atoms with Crippen molar-refractivity contribution in [2.45, 2.75) is 6.18 Å². The van der Waals surface area contributed by atoms with Crippen molar-refractivity contribution in [3.8, 4) is 5.69 Å². The minimum Gasteiger partial charge on any atom is -0.299 e. The van der Waals surface area contributed by atoms with Crippen molar-refractivity contribution in [3.63, 3.8) is 0 Å². The van der Waals surface area contributed by atoms with E-state index in [0.29, 0.717) is 32.6 Å². The van der Waals surface area contributed by atoms with Gasteiger partial charge in [0.1, 0.15) is 12.0 Å². The molecule has 26 heavy (non-hydrogen) atoms. The highest BCUT2D eigenvalue weighted by Crippen LogP contribution is 2.28. The third kappa shape index (κ3) is 2.99. The quantitative estimate of drug-likeness (QED) is 0.516. The van der Waals surface area contributed by atoms with Crippen molar-refractivity contribution in [3.05, 3.63) is 62.6 Å². The van der Waals surface area contributed by atoms with Crippen LogP contribution in [-0.4, -0.2) is 19.8 Å². The van der Waals surface area contributed by atoms with Gasteiger partial charge in [0.05, 0.1) is 16.1 Å². The predicted octanol–water partition coefficient (Wildman–Crippen LogP) is 2.38. The molecule has 10 heteroatoms. The minimum atomic E-state index is -4.82. The number of fused-ring (bicyclic) bond motifs is 1. The Labute approximate surface area is 147 Å². The number of benzene rings is 1. The molecule has 0 aliphatic rings. The molecule has 0 bridgehead atoms. The fourth-order valence-electron chi connectivity index (χ4n) is 2.47. The maximum atomic E-state index is 12.9. The van der Waals surface area contributed by atoms with Crippen LogP contribution in [0.4, 0.5) is 13.2 Å². The first kappa shape index (κ1) is 17.8. The summed E-state index contributed by atoms with van der Waals surface area (Å²) < 4.78 is 44.7. The molecule has 0 saturated carbocycles. The van der Waals surface area contributed by atoms with Crippen molar-refractivity contribution >= 4 is 34.0 Å². The Kier molecular flexibility index (Phi) is 4.36. The molecule has 0 aliphatic heterocycles. The average Bonchev–Trinajstić information content (AvgIpc) is 2.98. The molecule has 134 valence electrons. The Morgan fingerprint density at radius 2 is 1.92 bits per heavy atom. The lowest BCUT2D eigenvalue weighted by Gasteiger charge is -2.13. The number of allylic oxidation sites excluding steroid dienone is 1. The fraction of sp³-hybridized carbons (Fsp3) is 0.125. The van der Waals surface area contributed by atoms with Crippen LogP contribution < -0.4 is 11.2 Å². The highest BCUT2D eigenvalue weighted by molar-refractivity contribution is 7.13. The molecule has 0 aliphatic carbocycles. The number of hydrogen-bond acceptors (Lipinski definition) is 5.